The minimum atomic E-state index is -0.509. The van der Waals surface area contributed by atoms with Gasteiger partial charge in [0.2, 0.25) is 0 Å². The molecule has 1 aromatic heterocycles. The van der Waals surface area contributed by atoms with Crippen molar-refractivity contribution < 1.29 is 14.4 Å². The Bertz CT molecular complexity index is 1250. The Hall–Kier alpha value is -3.68. The summed E-state index contributed by atoms with van der Waals surface area (Å²) in [6, 6.07) is 9.92. The second-order valence-corrected chi connectivity index (χ2v) is 7.38. The monoisotopic (exact) mass is 421 g/mol. The fraction of sp³-hybridized carbons (Fsp3) is 0.304. The average Bonchev–Trinajstić information content (AvgIpc) is 3.17. The van der Waals surface area contributed by atoms with Crippen LogP contribution in [0, 0.1) is 10.1 Å². The third-order valence-corrected chi connectivity index (χ3v) is 5.32. The van der Waals surface area contributed by atoms with Crippen molar-refractivity contribution in [2.45, 2.75) is 32.7 Å². The van der Waals surface area contributed by atoms with Gasteiger partial charge in [-0.1, -0.05) is 19.4 Å². The van der Waals surface area contributed by atoms with Gasteiger partial charge in [-0.05, 0) is 48.3 Å². The molecule has 0 N–H and O–H groups in total. The van der Waals surface area contributed by atoms with E-state index in [2.05, 4.69) is 11.9 Å². The molecule has 1 aliphatic rings. The maximum absolute atomic E-state index is 12.9. The molecule has 0 saturated heterocycles. The predicted octanol–water partition coefficient (Wildman–Crippen LogP) is 4.44. The Balaban J connectivity index is 1.70. The summed E-state index contributed by atoms with van der Waals surface area (Å²) >= 11 is 0. The molecule has 0 aliphatic carbocycles. The van der Waals surface area contributed by atoms with Gasteiger partial charge in [-0.25, -0.2) is 4.98 Å². The fourth-order valence-electron chi connectivity index (χ4n) is 3.68. The minimum Gasteiger partial charge on any atom is -0.493 e. The molecule has 0 atom stereocenters. The lowest BCUT2D eigenvalue weighted by Gasteiger charge is -2.11. The van der Waals surface area contributed by atoms with E-state index in [1.165, 1.54) is 18.2 Å². The number of aromatic nitrogens is 2. The molecule has 3 aromatic rings. The standard InChI is InChI=1S/C23H23N3O5/c1-3-4-11-31-20-8-5-15(13-21(20)30-2)12-16-9-10-25-22(16)24-19-7-6-17(26(28)29)14-18(19)23(25)27/h5-8,12-14H,3-4,9-11H2,1-2H3/b16-12+. The topological polar surface area (TPSA) is 96.5 Å². The van der Waals surface area contributed by atoms with Gasteiger partial charge in [-0.15, -0.1) is 0 Å². The van der Waals surface area contributed by atoms with E-state index in [1.807, 2.05) is 24.3 Å². The minimum absolute atomic E-state index is 0.117. The Kier molecular flexibility index (Phi) is 5.70. The second-order valence-electron chi connectivity index (χ2n) is 7.38. The van der Waals surface area contributed by atoms with Crippen LogP contribution in [0.15, 0.2) is 41.2 Å². The van der Waals surface area contributed by atoms with E-state index in [-0.39, 0.29) is 16.6 Å². The number of rotatable bonds is 7. The van der Waals surface area contributed by atoms with Crippen molar-refractivity contribution in [1.29, 1.82) is 0 Å². The Labute approximate surface area is 178 Å². The smallest absolute Gasteiger partial charge is 0.270 e. The second kappa shape index (κ2) is 8.59. The summed E-state index contributed by atoms with van der Waals surface area (Å²) < 4.78 is 12.8. The van der Waals surface area contributed by atoms with Crippen molar-refractivity contribution in [2.75, 3.05) is 13.7 Å². The lowest BCUT2D eigenvalue weighted by Crippen LogP contribution is -2.20. The molecular formula is C23H23N3O5. The normalized spacial score (nSPS) is 14.1. The van der Waals surface area contributed by atoms with Crippen molar-refractivity contribution in [3.63, 3.8) is 0 Å². The van der Waals surface area contributed by atoms with E-state index >= 15 is 0 Å². The molecule has 0 fully saturated rings. The molecule has 0 unspecified atom stereocenters. The van der Waals surface area contributed by atoms with Gasteiger partial charge in [0, 0.05) is 18.7 Å². The number of fused-ring (bicyclic) bond motifs is 2. The maximum Gasteiger partial charge on any atom is 0.270 e. The number of allylic oxidation sites excluding steroid dienone is 1. The number of nitrogens with zero attached hydrogens (tertiary/aromatic N) is 3. The van der Waals surface area contributed by atoms with Crippen LogP contribution in [0.1, 0.15) is 37.6 Å². The first kappa shape index (κ1) is 20.6. The quantitative estimate of drug-likeness (QED) is 0.318. The highest BCUT2D eigenvalue weighted by Gasteiger charge is 2.22. The number of benzene rings is 2. The number of nitro groups is 1. The molecule has 0 saturated carbocycles. The lowest BCUT2D eigenvalue weighted by atomic mass is 10.1. The van der Waals surface area contributed by atoms with Gasteiger partial charge in [0.25, 0.3) is 11.2 Å². The van der Waals surface area contributed by atoms with E-state index < -0.39 is 4.92 Å². The molecule has 8 heteroatoms. The van der Waals surface area contributed by atoms with Gasteiger partial charge >= 0.3 is 0 Å². The molecule has 160 valence electrons. The van der Waals surface area contributed by atoms with Crippen molar-refractivity contribution in [3.05, 3.63) is 68.3 Å². The van der Waals surface area contributed by atoms with E-state index in [4.69, 9.17) is 9.47 Å². The molecule has 4 rings (SSSR count). The first-order valence-corrected chi connectivity index (χ1v) is 10.2. The van der Waals surface area contributed by atoms with Crippen LogP contribution in [0.2, 0.25) is 0 Å². The first-order valence-electron chi connectivity index (χ1n) is 10.2. The molecule has 0 spiro atoms. The third kappa shape index (κ3) is 4.01. The van der Waals surface area contributed by atoms with Crippen molar-refractivity contribution in [2.24, 2.45) is 0 Å². The highest BCUT2D eigenvalue weighted by molar-refractivity contribution is 5.86. The predicted molar refractivity (Wildman–Crippen MR) is 119 cm³/mol. The Morgan fingerprint density at radius 1 is 1.23 bits per heavy atom. The maximum atomic E-state index is 12.9. The van der Waals surface area contributed by atoms with Crippen molar-refractivity contribution >= 4 is 28.2 Å². The van der Waals surface area contributed by atoms with E-state index in [1.54, 1.807) is 11.7 Å². The first-order chi connectivity index (χ1) is 15.0. The number of unbranched alkanes of at least 4 members (excludes halogenated alkanes) is 1. The zero-order valence-electron chi connectivity index (χ0n) is 17.5. The van der Waals surface area contributed by atoms with Crippen molar-refractivity contribution in [3.8, 4) is 11.5 Å². The average molecular weight is 421 g/mol. The van der Waals surface area contributed by atoms with Gasteiger partial charge in [0.15, 0.2) is 11.5 Å². The fourth-order valence-corrected chi connectivity index (χ4v) is 3.68. The van der Waals surface area contributed by atoms with E-state index in [9.17, 15) is 14.9 Å². The molecule has 1 aliphatic heterocycles. The summed E-state index contributed by atoms with van der Waals surface area (Å²) in [5.74, 6) is 1.94. The van der Waals surface area contributed by atoms with Crippen LogP contribution in [-0.2, 0) is 6.54 Å². The van der Waals surface area contributed by atoms with Crippen molar-refractivity contribution in [1.82, 2.24) is 9.55 Å². The molecule has 2 heterocycles. The number of nitro benzene ring substituents is 1. The molecule has 8 nitrogen and oxygen atoms in total. The lowest BCUT2D eigenvalue weighted by molar-refractivity contribution is -0.384. The van der Waals surface area contributed by atoms with Crippen LogP contribution in [0.3, 0.4) is 0 Å². The summed E-state index contributed by atoms with van der Waals surface area (Å²) in [6.45, 7) is 3.23. The van der Waals surface area contributed by atoms with Gasteiger partial charge in [-0.3, -0.25) is 19.5 Å². The van der Waals surface area contributed by atoms with E-state index in [0.29, 0.717) is 42.4 Å². The SMILES string of the molecule is CCCCOc1ccc(/C=C2\CCn3c2nc2ccc([N+](=O)[O-])cc2c3=O)cc1OC. The summed E-state index contributed by atoms with van der Waals surface area (Å²) in [7, 11) is 1.61. The summed E-state index contributed by atoms with van der Waals surface area (Å²) in [5.41, 5.74) is 1.92. The summed E-state index contributed by atoms with van der Waals surface area (Å²) in [4.78, 5) is 28.1. The van der Waals surface area contributed by atoms with Crippen LogP contribution in [-0.4, -0.2) is 28.2 Å². The van der Waals surface area contributed by atoms with Crippen LogP contribution in [0.5, 0.6) is 11.5 Å². The number of non-ortho nitro benzene ring substituents is 1. The molecule has 0 amide bonds. The molecule has 0 radical (unpaired) electrons. The number of hydrogen-bond acceptors (Lipinski definition) is 6. The van der Waals surface area contributed by atoms with Gasteiger partial charge < -0.3 is 9.47 Å². The van der Waals surface area contributed by atoms with Gasteiger partial charge in [0.1, 0.15) is 5.82 Å². The Morgan fingerprint density at radius 2 is 2.06 bits per heavy atom. The third-order valence-electron chi connectivity index (χ3n) is 5.32. The van der Waals surface area contributed by atoms with Crippen LogP contribution < -0.4 is 15.0 Å². The van der Waals surface area contributed by atoms with E-state index in [0.717, 1.165) is 24.0 Å². The Morgan fingerprint density at radius 3 is 2.81 bits per heavy atom. The van der Waals surface area contributed by atoms with Crippen LogP contribution >= 0.6 is 0 Å². The van der Waals surface area contributed by atoms with Crippen LogP contribution in [0.4, 0.5) is 5.69 Å². The molecular weight excluding hydrogens is 398 g/mol. The zero-order chi connectivity index (χ0) is 22.0. The largest absolute Gasteiger partial charge is 0.493 e. The number of hydrogen-bond donors (Lipinski definition) is 0. The summed E-state index contributed by atoms with van der Waals surface area (Å²) in [5, 5.41) is 11.3. The molecule has 31 heavy (non-hydrogen) atoms. The molecule has 0 bridgehead atoms. The number of methoxy groups -OCH3 is 1. The highest BCUT2D eigenvalue weighted by atomic mass is 16.6. The summed E-state index contributed by atoms with van der Waals surface area (Å²) in [6.07, 6.45) is 4.67. The highest BCUT2D eigenvalue weighted by Crippen LogP contribution is 2.32. The van der Waals surface area contributed by atoms with Crippen LogP contribution in [0.25, 0.3) is 22.6 Å². The number of ether oxygens (including phenoxy) is 2. The zero-order valence-corrected chi connectivity index (χ0v) is 17.5. The van der Waals surface area contributed by atoms with Gasteiger partial charge in [0.05, 0.1) is 29.5 Å². The van der Waals surface area contributed by atoms with Gasteiger partial charge in [-0.2, -0.15) is 0 Å². The molecule has 2 aromatic carbocycles.